The Morgan fingerprint density at radius 2 is 2.00 bits per heavy atom. The Morgan fingerprint density at radius 3 is 2.53 bits per heavy atom. The maximum atomic E-state index is 11.9. The van der Waals surface area contributed by atoms with Gasteiger partial charge in [0.2, 0.25) is 5.01 Å². The predicted octanol–water partition coefficient (Wildman–Crippen LogP) is 1.80. The molecule has 1 aromatic heterocycles. The predicted molar refractivity (Wildman–Crippen MR) is 65.3 cm³/mol. The highest BCUT2D eigenvalue weighted by Crippen LogP contribution is 2.13. The zero-order valence-corrected chi connectivity index (χ0v) is 11.0. The van der Waals surface area contributed by atoms with Gasteiger partial charge in [0, 0.05) is 18.5 Å². The van der Waals surface area contributed by atoms with E-state index in [0.29, 0.717) is 25.4 Å². The zero-order chi connectivity index (χ0) is 12.8. The number of hydrogen-bond donors (Lipinski definition) is 0. The standard InChI is InChI=1S/C11H16N2O3S/c1-4-13(5-2)10(14)8-7-17-9(12-8)11(15)16-6-3/h7H,4-6H2,1-3H3. The molecule has 0 bridgehead atoms. The van der Waals surface area contributed by atoms with Gasteiger partial charge in [-0.15, -0.1) is 11.3 Å². The lowest BCUT2D eigenvalue weighted by Gasteiger charge is -2.16. The van der Waals surface area contributed by atoms with E-state index in [9.17, 15) is 9.59 Å². The summed E-state index contributed by atoms with van der Waals surface area (Å²) in [5, 5.41) is 1.81. The van der Waals surface area contributed by atoms with Crippen molar-refractivity contribution in [3.05, 3.63) is 16.1 Å². The lowest BCUT2D eigenvalue weighted by molar-refractivity contribution is 0.0526. The average molecular weight is 256 g/mol. The van der Waals surface area contributed by atoms with Crippen LogP contribution in [0.4, 0.5) is 0 Å². The molecule has 1 rings (SSSR count). The maximum absolute atomic E-state index is 11.9. The number of carbonyl (C=O) groups is 2. The first-order valence-electron chi connectivity index (χ1n) is 5.55. The maximum Gasteiger partial charge on any atom is 0.367 e. The van der Waals surface area contributed by atoms with Crippen molar-refractivity contribution in [2.45, 2.75) is 20.8 Å². The minimum Gasteiger partial charge on any atom is -0.461 e. The number of amides is 1. The molecule has 0 aliphatic carbocycles. The Labute approximate surface area is 104 Å². The van der Waals surface area contributed by atoms with E-state index in [2.05, 4.69) is 4.98 Å². The van der Waals surface area contributed by atoms with Gasteiger partial charge in [0.25, 0.3) is 5.91 Å². The number of rotatable bonds is 5. The monoisotopic (exact) mass is 256 g/mol. The second kappa shape index (κ2) is 6.34. The molecule has 0 aromatic carbocycles. The Morgan fingerprint density at radius 1 is 1.35 bits per heavy atom. The molecule has 6 heteroatoms. The topological polar surface area (TPSA) is 59.5 Å². The van der Waals surface area contributed by atoms with Gasteiger partial charge in [0.1, 0.15) is 5.69 Å². The van der Waals surface area contributed by atoms with Crippen LogP contribution in [0, 0.1) is 0 Å². The number of aromatic nitrogens is 1. The highest BCUT2D eigenvalue weighted by Gasteiger charge is 2.19. The minimum atomic E-state index is -0.476. The summed E-state index contributed by atoms with van der Waals surface area (Å²) in [6.45, 7) is 7.09. The van der Waals surface area contributed by atoms with Crippen molar-refractivity contribution in [3.63, 3.8) is 0 Å². The van der Waals surface area contributed by atoms with E-state index in [1.807, 2.05) is 13.8 Å². The van der Waals surface area contributed by atoms with E-state index >= 15 is 0 Å². The molecule has 1 amide bonds. The average Bonchev–Trinajstić information content (AvgIpc) is 2.80. The van der Waals surface area contributed by atoms with Crippen LogP contribution in [-0.2, 0) is 4.74 Å². The van der Waals surface area contributed by atoms with Gasteiger partial charge in [0.05, 0.1) is 6.61 Å². The molecule has 0 aliphatic rings. The van der Waals surface area contributed by atoms with Crippen LogP contribution in [0.2, 0.25) is 0 Å². The Hall–Kier alpha value is -1.43. The molecule has 0 aliphatic heterocycles. The quantitative estimate of drug-likeness (QED) is 0.754. The third kappa shape index (κ3) is 3.26. The summed E-state index contributed by atoms with van der Waals surface area (Å²) >= 11 is 1.13. The molecule has 0 saturated carbocycles. The number of ether oxygens (including phenoxy) is 1. The minimum absolute atomic E-state index is 0.151. The molecule has 0 atom stereocenters. The van der Waals surface area contributed by atoms with Crippen LogP contribution in [0.3, 0.4) is 0 Å². The highest BCUT2D eigenvalue weighted by atomic mass is 32.1. The first kappa shape index (κ1) is 13.6. The lowest BCUT2D eigenvalue weighted by atomic mass is 10.4. The van der Waals surface area contributed by atoms with Crippen molar-refractivity contribution in [2.75, 3.05) is 19.7 Å². The molecule has 17 heavy (non-hydrogen) atoms. The lowest BCUT2D eigenvalue weighted by Crippen LogP contribution is -2.30. The summed E-state index contributed by atoms with van der Waals surface area (Å²) in [4.78, 5) is 29.0. The van der Waals surface area contributed by atoms with Gasteiger partial charge in [0.15, 0.2) is 0 Å². The second-order valence-electron chi connectivity index (χ2n) is 3.24. The van der Waals surface area contributed by atoms with Gasteiger partial charge in [-0.3, -0.25) is 4.79 Å². The van der Waals surface area contributed by atoms with Gasteiger partial charge in [-0.2, -0.15) is 0 Å². The van der Waals surface area contributed by atoms with Crippen LogP contribution in [0.1, 0.15) is 41.1 Å². The van der Waals surface area contributed by atoms with Crippen LogP contribution in [0.15, 0.2) is 5.38 Å². The van der Waals surface area contributed by atoms with Gasteiger partial charge >= 0.3 is 5.97 Å². The number of hydrogen-bond acceptors (Lipinski definition) is 5. The molecule has 94 valence electrons. The fraction of sp³-hybridized carbons (Fsp3) is 0.545. The molecule has 1 aromatic rings. The summed E-state index contributed by atoms with van der Waals surface area (Å²) < 4.78 is 4.82. The number of nitrogens with zero attached hydrogens (tertiary/aromatic N) is 2. The van der Waals surface area contributed by atoms with Crippen LogP contribution in [0.25, 0.3) is 0 Å². The van der Waals surface area contributed by atoms with Crippen LogP contribution in [-0.4, -0.2) is 41.5 Å². The Balaban J connectivity index is 2.80. The molecular weight excluding hydrogens is 240 g/mol. The molecule has 0 spiro atoms. The molecule has 0 fully saturated rings. The van der Waals surface area contributed by atoms with E-state index < -0.39 is 5.97 Å². The van der Waals surface area contributed by atoms with Crippen molar-refractivity contribution in [1.29, 1.82) is 0 Å². The van der Waals surface area contributed by atoms with Crippen molar-refractivity contribution in [1.82, 2.24) is 9.88 Å². The SMILES string of the molecule is CCOC(=O)c1nc(C(=O)N(CC)CC)cs1. The smallest absolute Gasteiger partial charge is 0.367 e. The molecular formula is C11H16N2O3S. The van der Waals surface area contributed by atoms with Crippen LogP contribution in [0.5, 0.6) is 0 Å². The summed E-state index contributed by atoms with van der Waals surface area (Å²) in [5.74, 6) is -0.627. The van der Waals surface area contributed by atoms with Gasteiger partial charge < -0.3 is 9.64 Å². The van der Waals surface area contributed by atoms with E-state index in [1.165, 1.54) is 0 Å². The fourth-order valence-corrected chi connectivity index (χ4v) is 2.01. The molecule has 0 N–H and O–H groups in total. The number of carbonyl (C=O) groups excluding carboxylic acids is 2. The van der Waals surface area contributed by atoms with Crippen LogP contribution < -0.4 is 0 Å². The van der Waals surface area contributed by atoms with E-state index in [1.54, 1.807) is 17.2 Å². The van der Waals surface area contributed by atoms with Crippen molar-refractivity contribution in [3.8, 4) is 0 Å². The first-order chi connectivity index (χ1) is 8.13. The van der Waals surface area contributed by atoms with E-state index in [-0.39, 0.29) is 10.9 Å². The zero-order valence-electron chi connectivity index (χ0n) is 10.2. The second-order valence-corrected chi connectivity index (χ2v) is 4.09. The van der Waals surface area contributed by atoms with Crippen molar-refractivity contribution in [2.24, 2.45) is 0 Å². The first-order valence-corrected chi connectivity index (χ1v) is 6.43. The summed E-state index contributed by atoms with van der Waals surface area (Å²) in [7, 11) is 0. The molecule has 1 heterocycles. The number of esters is 1. The van der Waals surface area contributed by atoms with Gasteiger partial charge in [-0.1, -0.05) is 0 Å². The summed E-state index contributed by atoms with van der Waals surface area (Å²) in [6, 6.07) is 0. The van der Waals surface area contributed by atoms with E-state index in [0.717, 1.165) is 11.3 Å². The Kier molecular flexibility index (Phi) is 5.09. The summed E-state index contributed by atoms with van der Waals surface area (Å²) in [5.41, 5.74) is 0.307. The third-order valence-corrected chi connectivity index (χ3v) is 3.05. The highest BCUT2D eigenvalue weighted by molar-refractivity contribution is 7.11. The summed E-state index contributed by atoms with van der Waals surface area (Å²) in [6.07, 6.45) is 0. The van der Waals surface area contributed by atoms with E-state index in [4.69, 9.17) is 4.74 Å². The van der Waals surface area contributed by atoms with Crippen molar-refractivity contribution < 1.29 is 14.3 Å². The third-order valence-electron chi connectivity index (χ3n) is 2.22. The normalized spacial score (nSPS) is 10.1. The van der Waals surface area contributed by atoms with Gasteiger partial charge in [-0.25, -0.2) is 9.78 Å². The van der Waals surface area contributed by atoms with Gasteiger partial charge in [-0.05, 0) is 20.8 Å². The largest absolute Gasteiger partial charge is 0.461 e. The molecule has 5 nitrogen and oxygen atoms in total. The number of thiazole rings is 1. The van der Waals surface area contributed by atoms with Crippen molar-refractivity contribution >= 4 is 23.2 Å². The Bertz CT molecular complexity index is 399. The van der Waals surface area contributed by atoms with Crippen LogP contribution >= 0.6 is 11.3 Å². The molecule has 0 saturated heterocycles. The fourth-order valence-electron chi connectivity index (χ4n) is 1.33. The molecule has 0 unspecified atom stereocenters. The molecule has 0 radical (unpaired) electrons.